The number of carbonyl (C=O) groups is 1. The fraction of sp³-hybridized carbons (Fsp3) is 0.158. The Morgan fingerprint density at radius 2 is 1.65 bits per heavy atom. The van der Waals surface area contributed by atoms with Gasteiger partial charge in [0.1, 0.15) is 0 Å². The van der Waals surface area contributed by atoms with Gasteiger partial charge in [-0.05, 0) is 42.0 Å². The van der Waals surface area contributed by atoms with E-state index in [1.807, 2.05) is 55.4 Å². The summed E-state index contributed by atoms with van der Waals surface area (Å²) in [5, 5.41) is 5.94. The SMILES string of the molecule is CN(C)c1ccc(NC(=O)c2cnc(NCc3ccncc3)nc2)cc1. The molecule has 0 unspecified atom stereocenters. The Morgan fingerprint density at radius 3 is 2.27 bits per heavy atom. The molecule has 132 valence electrons. The van der Waals surface area contributed by atoms with Crippen LogP contribution in [0.4, 0.5) is 17.3 Å². The average Bonchev–Trinajstić information content (AvgIpc) is 2.68. The molecule has 2 aromatic heterocycles. The van der Waals surface area contributed by atoms with Crippen molar-refractivity contribution < 1.29 is 4.79 Å². The van der Waals surface area contributed by atoms with Crippen LogP contribution in [0.3, 0.4) is 0 Å². The highest BCUT2D eigenvalue weighted by molar-refractivity contribution is 6.03. The maximum absolute atomic E-state index is 12.3. The first-order valence-corrected chi connectivity index (χ1v) is 8.15. The predicted octanol–water partition coefficient (Wildman–Crippen LogP) is 2.80. The standard InChI is InChI=1S/C19H20N6O/c1-25(2)17-5-3-16(4-6-17)24-18(26)15-12-22-19(23-13-15)21-11-14-7-9-20-10-8-14/h3-10,12-13H,11H2,1-2H3,(H,24,26)(H,21,22,23). The minimum atomic E-state index is -0.247. The summed E-state index contributed by atoms with van der Waals surface area (Å²) in [4.78, 5) is 26.6. The Bertz CT molecular complexity index is 847. The molecular formula is C19H20N6O. The molecule has 0 aliphatic rings. The first kappa shape index (κ1) is 17.3. The van der Waals surface area contributed by atoms with Crippen molar-refractivity contribution in [3.05, 3.63) is 72.3 Å². The van der Waals surface area contributed by atoms with Crippen LogP contribution in [0.25, 0.3) is 0 Å². The van der Waals surface area contributed by atoms with Gasteiger partial charge in [0.2, 0.25) is 5.95 Å². The summed E-state index contributed by atoms with van der Waals surface area (Å²) in [6.45, 7) is 0.590. The predicted molar refractivity (Wildman–Crippen MR) is 102 cm³/mol. The van der Waals surface area contributed by atoms with E-state index in [0.717, 1.165) is 16.9 Å². The average molecular weight is 348 g/mol. The number of amides is 1. The van der Waals surface area contributed by atoms with Crippen molar-refractivity contribution >= 4 is 23.2 Å². The smallest absolute Gasteiger partial charge is 0.258 e. The van der Waals surface area contributed by atoms with Crippen molar-refractivity contribution in [2.24, 2.45) is 0 Å². The fourth-order valence-electron chi connectivity index (χ4n) is 2.26. The molecule has 3 rings (SSSR count). The zero-order chi connectivity index (χ0) is 18.4. The Morgan fingerprint density at radius 1 is 1.00 bits per heavy atom. The minimum Gasteiger partial charge on any atom is -0.378 e. The molecule has 2 N–H and O–H groups in total. The molecule has 0 aliphatic carbocycles. The molecule has 0 fully saturated rings. The number of hydrogen-bond donors (Lipinski definition) is 2. The van der Waals surface area contributed by atoms with Gasteiger partial charge < -0.3 is 15.5 Å². The van der Waals surface area contributed by atoms with Gasteiger partial charge in [0.25, 0.3) is 5.91 Å². The van der Waals surface area contributed by atoms with Crippen LogP contribution in [0.1, 0.15) is 15.9 Å². The summed E-state index contributed by atoms with van der Waals surface area (Å²) in [5.41, 5.74) is 3.26. The number of aromatic nitrogens is 3. The molecule has 2 heterocycles. The lowest BCUT2D eigenvalue weighted by Gasteiger charge is -2.13. The van der Waals surface area contributed by atoms with Gasteiger partial charge in [-0.25, -0.2) is 9.97 Å². The van der Waals surface area contributed by atoms with Crippen LogP contribution >= 0.6 is 0 Å². The second kappa shape index (κ2) is 8.06. The minimum absolute atomic E-state index is 0.247. The van der Waals surface area contributed by atoms with E-state index in [4.69, 9.17) is 0 Å². The van der Waals surface area contributed by atoms with Gasteiger partial charge in [0.15, 0.2) is 0 Å². The molecule has 0 saturated carbocycles. The van der Waals surface area contributed by atoms with E-state index in [2.05, 4.69) is 25.6 Å². The van der Waals surface area contributed by atoms with E-state index in [0.29, 0.717) is 18.1 Å². The van der Waals surface area contributed by atoms with Crippen molar-refractivity contribution in [3.63, 3.8) is 0 Å². The number of rotatable bonds is 6. The first-order chi connectivity index (χ1) is 12.6. The van der Waals surface area contributed by atoms with Gasteiger partial charge in [0, 0.05) is 56.8 Å². The zero-order valence-corrected chi connectivity index (χ0v) is 14.7. The number of benzene rings is 1. The largest absolute Gasteiger partial charge is 0.378 e. The van der Waals surface area contributed by atoms with E-state index in [9.17, 15) is 4.79 Å². The van der Waals surface area contributed by atoms with Gasteiger partial charge in [0.05, 0.1) is 5.56 Å². The lowest BCUT2D eigenvalue weighted by atomic mass is 10.2. The van der Waals surface area contributed by atoms with Crippen molar-refractivity contribution in [1.29, 1.82) is 0 Å². The van der Waals surface area contributed by atoms with E-state index in [1.54, 1.807) is 12.4 Å². The van der Waals surface area contributed by atoms with E-state index < -0.39 is 0 Å². The summed E-state index contributed by atoms with van der Waals surface area (Å²) in [5.74, 6) is 0.219. The van der Waals surface area contributed by atoms with Crippen LogP contribution in [0, 0.1) is 0 Å². The molecule has 0 spiro atoms. The fourth-order valence-corrected chi connectivity index (χ4v) is 2.26. The summed E-state index contributed by atoms with van der Waals surface area (Å²) in [7, 11) is 3.93. The lowest BCUT2D eigenvalue weighted by Crippen LogP contribution is -2.14. The number of nitrogens with one attached hydrogen (secondary N) is 2. The van der Waals surface area contributed by atoms with E-state index >= 15 is 0 Å². The van der Waals surface area contributed by atoms with Crippen LogP contribution in [0.15, 0.2) is 61.2 Å². The molecule has 0 aliphatic heterocycles. The highest BCUT2D eigenvalue weighted by atomic mass is 16.1. The Labute approximate surface area is 152 Å². The summed E-state index contributed by atoms with van der Waals surface area (Å²) in [6, 6.07) is 11.4. The molecular weight excluding hydrogens is 328 g/mol. The summed E-state index contributed by atoms with van der Waals surface area (Å²) < 4.78 is 0. The third-order valence-corrected chi connectivity index (χ3v) is 3.76. The molecule has 3 aromatic rings. The van der Waals surface area contributed by atoms with Gasteiger partial charge in [-0.15, -0.1) is 0 Å². The third-order valence-electron chi connectivity index (χ3n) is 3.76. The van der Waals surface area contributed by atoms with Gasteiger partial charge in [-0.2, -0.15) is 0 Å². The molecule has 0 saturated heterocycles. The Balaban J connectivity index is 1.58. The van der Waals surface area contributed by atoms with Gasteiger partial charge >= 0.3 is 0 Å². The van der Waals surface area contributed by atoms with Gasteiger partial charge in [-0.1, -0.05) is 0 Å². The normalized spacial score (nSPS) is 10.2. The number of hydrogen-bond acceptors (Lipinski definition) is 6. The second-order valence-electron chi connectivity index (χ2n) is 5.90. The van der Waals surface area contributed by atoms with E-state index in [1.165, 1.54) is 12.4 Å². The van der Waals surface area contributed by atoms with Crippen LogP contribution < -0.4 is 15.5 Å². The zero-order valence-electron chi connectivity index (χ0n) is 14.7. The molecule has 0 radical (unpaired) electrons. The molecule has 1 amide bonds. The van der Waals surface area contributed by atoms with Crippen LogP contribution in [0.2, 0.25) is 0 Å². The molecule has 7 heteroatoms. The number of carbonyl (C=O) groups excluding carboxylic acids is 1. The lowest BCUT2D eigenvalue weighted by molar-refractivity contribution is 0.102. The maximum Gasteiger partial charge on any atom is 0.258 e. The first-order valence-electron chi connectivity index (χ1n) is 8.15. The summed E-state index contributed by atoms with van der Waals surface area (Å²) in [6.07, 6.45) is 6.48. The maximum atomic E-state index is 12.3. The van der Waals surface area contributed by atoms with Crippen molar-refractivity contribution in [3.8, 4) is 0 Å². The highest BCUT2D eigenvalue weighted by Gasteiger charge is 2.08. The molecule has 7 nitrogen and oxygen atoms in total. The monoisotopic (exact) mass is 348 g/mol. The van der Waals surface area contributed by atoms with Crippen molar-refractivity contribution in [2.75, 3.05) is 29.6 Å². The quantitative estimate of drug-likeness (QED) is 0.713. The Hall–Kier alpha value is -3.48. The second-order valence-corrected chi connectivity index (χ2v) is 5.90. The Kier molecular flexibility index (Phi) is 5.38. The van der Waals surface area contributed by atoms with Crippen LogP contribution in [-0.4, -0.2) is 35.0 Å². The number of pyridine rings is 1. The van der Waals surface area contributed by atoms with Crippen LogP contribution in [-0.2, 0) is 6.54 Å². The van der Waals surface area contributed by atoms with E-state index in [-0.39, 0.29) is 5.91 Å². The summed E-state index contributed by atoms with van der Waals surface area (Å²) >= 11 is 0. The van der Waals surface area contributed by atoms with Crippen LogP contribution in [0.5, 0.6) is 0 Å². The third kappa shape index (κ3) is 4.54. The van der Waals surface area contributed by atoms with Gasteiger partial charge in [-0.3, -0.25) is 9.78 Å². The molecule has 26 heavy (non-hydrogen) atoms. The topological polar surface area (TPSA) is 83.0 Å². The molecule has 1 aromatic carbocycles. The highest BCUT2D eigenvalue weighted by Crippen LogP contribution is 2.16. The van der Waals surface area contributed by atoms with Crippen molar-refractivity contribution in [2.45, 2.75) is 6.54 Å². The number of anilines is 3. The molecule has 0 bridgehead atoms. The number of nitrogens with zero attached hydrogens (tertiary/aromatic N) is 4. The van der Waals surface area contributed by atoms with Crippen molar-refractivity contribution in [1.82, 2.24) is 15.0 Å². The molecule has 0 atom stereocenters.